The van der Waals surface area contributed by atoms with Crippen molar-refractivity contribution >= 4 is 29.7 Å². The quantitative estimate of drug-likeness (QED) is 0.894. The molecule has 1 aromatic heterocycles. The van der Waals surface area contributed by atoms with Crippen molar-refractivity contribution in [2.24, 2.45) is 0 Å². The number of piperazine rings is 1. The number of carbonyl (C=O) groups excluding carboxylic acids is 1. The van der Waals surface area contributed by atoms with E-state index in [-0.39, 0.29) is 25.1 Å². The molecule has 3 heterocycles. The van der Waals surface area contributed by atoms with E-state index in [1.54, 1.807) is 6.20 Å². The van der Waals surface area contributed by atoms with Gasteiger partial charge in [-0.15, -0.1) is 23.7 Å². The first-order valence-electron chi connectivity index (χ1n) is 7.17. The lowest BCUT2D eigenvalue weighted by molar-refractivity contribution is 0.0740. The first-order valence-corrected chi connectivity index (χ1v) is 7.99. The lowest BCUT2D eigenvalue weighted by Gasteiger charge is -2.26. The highest BCUT2D eigenvalue weighted by atomic mass is 35.5. The summed E-state index contributed by atoms with van der Waals surface area (Å²) in [5.41, 5.74) is 0.939. The minimum absolute atomic E-state index is 0. The zero-order valence-electron chi connectivity index (χ0n) is 12.3. The first-order chi connectivity index (χ1) is 10.8. The predicted molar refractivity (Wildman–Crippen MR) is 89.7 cm³/mol. The second-order valence-corrected chi connectivity index (χ2v) is 6.17. The monoisotopic (exact) mass is 353 g/mol. The molecular formula is C15H16ClN3O3S. The summed E-state index contributed by atoms with van der Waals surface area (Å²) >= 11 is 1.41. The summed E-state index contributed by atoms with van der Waals surface area (Å²) in [6.45, 7) is 3.44. The number of rotatable bonds is 2. The average Bonchev–Trinajstić information content (AvgIpc) is 3.23. The van der Waals surface area contributed by atoms with Crippen LogP contribution in [0.3, 0.4) is 0 Å². The number of fused-ring (bicyclic) bond motifs is 1. The van der Waals surface area contributed by atoms with E-state index in [9.17, 15) is 4.79 Å². The van der Waals surface area contributed by atoms with Gasteiger partial charge in [-0.2, -0.15) is 0 Å². The number of thiazole rings is 1. The molecule has 1 amide bonds. The Morgan fingerprint density at radius 3 is 2.83 bits per heavy atom. The normalized spacial score (nSPS) is 16.1. The second-order valence-electron chi connectivity index (χ2n) is 5.14. The summed E-state index contributed by atoms with van der Waals surface area (Å²) in [5.74, 6) is 1.53. The maximum absolute atomic E-state index is 12.5. The van der Waals surface area contributed by atoms with Gasteiger partial charge in [0, 0.05) is 31.7 Å². The molecule has 23 heavy (non-hydrogen) atoms. The minimum atomic E-state index is 0. The van der Waals surface area contributed by atoms with E-state index < -0.39 is 0 Å². The molecule has 0 radical (unpaired) electrons. The number of amides is 1. The van der Waals surface area contributed by atoms with Crippen LogP contribution < -0.4 is 14.8 Å². The molecule has 0 aliphatic carbocycles. The van der Waals surface area contributed by atoms with E-state index >= 15 is 0 Å². The van der Waals surface area contributed by atoms with Gasteiger partial charge in [-0.25, -0.2) is 4.98 Å². The maximum atomic E-state index is 12.5. The van der Waals surface area contributed by atoms with Crippen LogP contribution in [0.1, 0.15) is 9.67 Å². The Labute approximate surface area is 143 Å². The molecule has 1 aromatic carbocycles. The lowest BCUT2D eigenvalue weighted by Crippen LogP contribution is -2.46. The Balaban J connectivity index is 0.00000156. The number of hydrogen-bond acceptors (Lipinski definition) is 6. The minimum Gasteiger partial charge on any atom is -0.454 e. The van der Waals surface area contributed by atoms with Crippen molar-refractivity contribution in [2.75, 3.05) is 33.0 Å². The van der Waals surface area contributed by atoms with Gasteiger partial charge in [0.2, 0.25) is 6.79 Å². The van der Waals surface area contributed by atoms with Gasteiger partial charge in [0.25, 0.3) is 5.91 Å². The van der Waals surface area contributed by atoms with Gasteiger partial charge in [-0.1, -0.05) is 0 Å². The molecule has 0 atom stereocenters. The standard InChI is InChI=1S/C15H15N3O3S.ClH/c19-15(18-5-3-16-4-6-18)13-8-17-14(22-13)10-1-2-11-12(7-10)21-9-20-11;/h1-2,7-8,16H,3-6,9H2;1H. The van der Waals surface area contributed by atoms with Crippen LogP contribution in [0.15, 0.2) is 24.4 Å². The summed E-state index contributed by atoms with van der Waals surface area (Å²) in [6.07, 6.45) is 1.66. The smallest absolute Gasteiger partial charge is 0.265 e. The third-order valence-electron chi connectivity index (χ3n) is 3.74. The first kappa shape index (κ1) is 16.0. The zero-order valence-corrected chi connectivity index (χ0v) is 13.9. The van der Waals surface area contributed by atoms with Crippen LogP contribution >= 0.6 is 23.7 Å². The molecule has 6 nitrogen and oxygen atoms in total. The SMILES string of the molecule is Cl.O=C(c1cnc(-c2ccc3c(c2)OCO3)s1)N1CCNCC1. The average molecular weight is 354 g/mol. The van der Waals surface area contributed by atoms with Gasteiger partial charge in [0.1, 0.15) is 9.88 Å². The number of carbonyl (C=O) groups is 1. The highest BCUT2D eigenvalue weighted by Crippen LogP contribution is 2.37. The summed E-state index contributed by atoms with van der Waals surface area (Å²) < 4.78 is 10.7. The summed E-state index contributed by atoms with van der Waals surface area (Å²) in [5, 5.41) is 4.06. The Kier molecular flexibility index (Phi) is 4.70. The molecule has 1 fully saturated rings. The maximum Gasteiger partial charge on any atom is 0.265 e. The number of hydrogen-bond donors (Lipinski definition) is 1. The predicted octanol–water partition coefficient (Wildman–Crippen LogP) is 2.01. The van der Waals surface area contributed by atoms with Crippen LogP contribution in [-0.2, 0) is 0 Å². The van der Waals surface area contributed by atoms with E-state index in [2.05, 4.69) is 10.3 Å². The highest BCUT2D eigenvalue weighted by molar-refractivity contribution is 7.16. The molecule has 1 saturated heterocycles. The zero-order chi connectivity index (χ0) is 14.9. The number of aromatic nitrogens is 1. The van der Waals surface area contributed by atoms with Crippen molar-refractivity contribution in [3.8, 4) is 22.1 Å². The van der Waals surface area contributed by atoms with Gasteiger partial charge < -0.3 is 19.7 Å². The third-order valence-corrected chi connectivity index (χ3v) is 4.77. The van der Waals surface area contributed by atoms with E-state index in [1.165, 1.54) is 11.3 Å². The summed E-state index contributed by atoms with van der Waals surface area (Å²) in [7, 11) is 0. The van der Waals surface area contributed by atoms with Gasteiger partial charge in [-0.3, -0.25) is 4.79 Å². The van der Waals surface area contributed by atoms with Gasteiger partial charge in [-0.05, 0) is 18.2 Å². The van der Waals surface area contributed by atoms with Gasteiger partial charge in [0.15, 0.2) is 11.5 Å². The molecule has 8 heteroatoms. The number of nitrogens with one attached hydrogen (secondary N) is 1. The number of ether oxygens (including phenoxy) is 2. The Morgan fingerprint density at radius 1 is 1.22 bits per heavy atom. The Bertz CT molecular complexity index is 716. The molecule has 2 aromatic rings. The highest BCUT2D eigenvalue weighted by Gasteiger charge is 2.21. The summed E-state index contributed by atoms with van der Waals surface area (Å²) in [6, 6.07) is 5.71. The van der Waals surface area contributed by atoms with Crippen molar-refractivity contribution in [3.63, 3.8) is 0 Å². The van der Waals surface area contributed by atoms with Crippen molar-refractivity contribution in [1.29, 1.82) is 0 Å². The van der Waals surface area contributed by atoms with Crippen molar-refractivity contribution in [3.05, 3.63) is 29.3 Å². The fourth-order valence-electron chi connectivity index (χ4n) is 2.56. The molecule has 0 saturated carbocycles. The van der Waals surface area contributed by atoms with Crippen LogP contribution in [0.4, 0.5) is 0 Å². The molecule has 4 rings (SSSR count). The Morgan fingerprint density at radius 2 is 2.00 bits per heavy atom. The van der Waals surface area contributed by atoms with Crippen LogP contribution in [0.25, 0.3) is 10.6 Å². The Hall–Kier alpha value is -1.83. The molecular weight excluding hydrogens is 338 g/mol. The molecule has 2 aliphatic heterocycles. The lowest BCUT2D eigenvalue weighted by atomic mass is 10.2. The molecule has 0 spiro atoms. The van der Waals surface area contributed by atoms with Crippen LogP contribution in [0.2, 0.25) is 0 Å². The molecule has 0 bridgehead atoms. The van der Waals surface area contributed by atoms with E-state index in [4.69, 9.17) is 9.47 Å². The molecule has 0 unspecified atom stereocenters. The van der Waals surface area contributed by atoms with Crippen LogP contribution in [0, 0.1) is 0 Å². The fraction of sp³-hybridized carbons (Fsp3) is 0.333. The molecule has 2 aliphatic rings. The number of nitrogens with zero attached hydrogens (tertiary/aromatic N) is 2. The second kappa shape index (κ2) is 6.74. The van der Waals surface area contributed by atoms with Crippen molar-refractivity contribution in [2.45, 2.75) is 0 Å². The largest absolute Gasteiger partial charge is 0.454 e. The van der Waals surface area contributed by atoms with Gasteiger partial charge >= 0.3 is 0 Å². The molecule has 122 valence electrons. The van der Waals surface area contributed by atoms with E-state index in [1.807, 2.05) is 23.1 Å². The number of benzene rings is 1. The van der Waals surface area contributed by atoms with E-state index in [0.29, 0.717) is 4.88 Å². The number of halogens is 1. The van der Waals surface area contributed by atoms with Crippen LogP contribution in [-0.4, -0.2) is 48.8 Å². The van der Waals surface area contributed by atoms with Crippen molar-refractivity contribution in [1.82, 2.24) is 15.2 Å². The van der Waals surface area contributed by atoms with E-state index in [0.717, 1.165) is 48.2 Å². The molecule has 1 N–H and O–H groups in total. The van der Waals surface area contributed by atoms with Gasteiger partial charge in [0.05, 0.1) is 6.20 Å². The third kappa shape index (κ3) is 3.12. The van der Waals surface area contributed by atoms with Crippen LogP contribution in [0.5, 0.6) is 11.5 Å². The van der Waals surface area contributed by atoms with Crippen molar-refractivity contribution < 1.29 is 14.3 Å². The topological polar surface area (TPSA) is 63.7 Å². The fourth-order valence-corrected chi connectivity index (χ4v) is 3.44. The summed E-state index contributed by atoms with van der Waals surface area (Å²) in [4.78, 5) is 19.4.